The lowest BCUT2D eigenvalue weighted by molar-refractivity contribution is 0.0610. The zero-order chi connectivity index (χ0) is 10.7. The van der Waals surface area contributed by atoms with Crippen molar-refractivity contribution in [1.29, 1.82) is 0 Å². The Morgan fingerprint density at radius 1 is 1.40 bits per heavy atom. The highest BCUT2D eigenvalue weighted by Crippen LogP contribution is 2.19. The number of nitrogens with two attached hydrogens (primary N) is 1. The van der Waals surface area contributed by atoms with Crippen LogP contribution in [0.25, 0.3) is 10.9 Å². The van der Waals surface area contributed by atoms with Crippen LogP contribution < -0.4 is 5.90 Å². The highest BCUT2D eigenvalue weighted by molar-refractivity contribution is 5.82. The topological polar surface area (TPSA) is 51.0 Å². The Bertz CT molecular complexity index is 436. The minimum Gasteiger partial charge on any atom is -0.361 e. The van der Waals surface area contributed by atoms with E-state index in [1.807, 2.05) is 13.0 Å². The molecule has 0 bridgehead atoms. The summed E-state index contributed by atoms with van der Waals surface area (Å²) in [5, 5.41) is 1.29. The number of aryl methyl sites for hydroxylation is 1. The van der Waals surface area contributed by atoms with Crippen molar-refractivity contribution in [2.24, 2.45) is 5.90 Å². The Morgan fingerprint density at radius 3 is 3.00 bits per heavy atom. The van der Waals surface area contributed by atoms with Gasteiger partial charge >= 0.3 is 0 Å². The van der Waals surface area contributed by atoms with Crippen molar-refractivity contribution in [2.45, 2.75) is 25.9 Å². The number of benzene rings is 1. The molecule has 0 spiro atoms. The number of hydrogen-bond acceptors (Lipinski definition) is 2. The third-order valence-electron chi connectivity index (χ3n) is 2.73. The number of H-pyrrole nitrogens is 1. The van der Waals surface area contributed by atoms with E-state index in [0.29, 0.717) is 0 Å². The molecule has 0 radical (unpaired) electrons. The second-order valence-electron chi connectivity index (χ2n) is 3.84. The van der Waals surface area contributed by atoms with Gasteiger partial charge in [-0.05, 0) is 31.4 Å². The Kier molecular flexibility index (Phi) is 3.04. The average Bonchev–Trinajstić information content (AvgIpc) is 2.69. The summed E-state index contributed by atoms with van der Waals surface area (Å²) in [6.45, 7) is 1.98. The molecule has 0 amide bonds. The van der Waals surface area contributed by atoms with E-state index < -0.39 is 0 Å². The quantitative estimate of drug-likeness (QED) is 0.751. The maximum absolute atomic E-state index is 5.12. The predicted octanol–water partition coefficient (Wildman–Crippen LogP) is 2.38. The Labute approximate surface area is 89.2 Å². The number of aromatic amines is 1. The number of para-hydroxylation sites is 1. The maximum atomic E-state index is 5.12. The van der Waals surface area contributed by atoms with Gasteiger partial charge in [-0.2, -0.15) is 0 Å². The van der Waals surface area contributed by atoms with Crippen molar-refractivity contribution in [3.05, 3.63) is 36.0 Å². The van der Waals surface area contributed by atoms with Crippen LogP contribution in [0.3, 0.4) is 0 Å². The molecule has 1 heterocycles. The van der Waals surface area contributed by atoms with Crippen molar-refractivity contribution in [3.63, 3.8) is 0 Å². The lowest BCUT2D eigenvalue weighted by atomic mass is 10.1. The Balaban J connectivity index is 2.14. The van der Waals surface area contributed by atoms with Crippen LogP contribution in [0.2, 0.25) is 0 Å². The van der Waals surface area contributed by atoms with Crippen molar-refractivity contribution < 1.29 is 4.84 Å². The van der Waals surface area contributed by atoms with Crippen LogP contribution in [0.15, 0.2) is 30.5 Å². The van der Waals surface area contributed by atoms with Crippen molar-refractivity contribution in [3.8, 4) is 0 Å². The normalized spacial score (nSPS) is 13.2. The molecule has 15 heavy (non-hydrogen) atoms. The number of aromatic nitrogens is 1. The van der Waals surface area contributed by atoms with E-state index in [0.717, 1.165) is 12.8 Å². The first-order chi connectivity index (χ1) is 7.31. The molecule has 0 aliphatic rings. The van der Waals surface area contributed by atoms with Gasteiger partial charge in [0.1, 0.15) is 0 Å². The molecule has 0 saturated heterocycles. The van der Waals surface area contributed by atoms with Gasteiger partial charge in [0.15, 0.2) is 0 Å². The third kappa shape index (κ3) is 2.19. The van der Waals surface area contributed by atoms with Gasteiger partial charge in [0, 0.05) is 17.1 Å². The average molecular weight is 204 g/mol. The minimum atomic E-state index is 0.110. The number of nitrogens with one attached hydrogen (secondary N) is 1. The summed E-state index contributed by atoms with van der Waals surface area (Å²) in [6.07, 6.45) is 4.10. The minimum absolute atomic E-state index is 0.110. The fourth-order valence-electron chi connectivity index (χ4n) is 1.77. The SMILES string of the molecule is CC(CCc1c[nH]c2ccccc12)ON. The molecule has 0 saturated carbocycles. The zero-order valence-corrected chi connectivity index (χ0v) is 8.86. The van der Waals surface area contributed by atoms with Crippen LogP contribution in [-0.2, 0) is 11.3 Å². The molecule has 0 fully saturated rings. The van der Waals surface area contributed by atoms with Crippen molar-refractivity contribution in [2.75, 3.05) is 0 Å². The van der Waals surface area contributed by atoms with Gasteiger partial charge in [-0.3, -0.25) is 0 Å². The number of hydrogen-bond donors (Lipinski definition) is 2. The maximum Gasteiger partial charge on any atom is 0.0762 e. The lowest BCUT2D eigenvalue weighted by Gasteiger charge is -2.06. The summed E-state index contributed by atoms with van der Waals surface area (Å²) >= 11 is 0. The summed E-state index contributed by atoms with van der Waals surface area (Å²) in [6, 6.07) is 8.31. The van der Waals surface area contributed by atoms with Gasteiger partial charge in [0.05, 0.1) is 6.10 Å². The van der Waals surface area contributed by atoms with E-state index in [4.69, 9.17) is 10.7 Å². The van der Waals surface area contributed by atoms with Crippen LogP contribution in [-0.4, -0.2) is 11.1 Å². The van der Waals surface area contributed by atoms with Crippen LogP contribution in [0, 0.1) is 0 Å². The van der Waals surface area contributed by atoms with E-state index in [2.05, 4.69) is 29.4 Å². The number of fused-ring (bicyclic) bond motifs is 1. The third-order valence-corrected chi connectivity index (χ3v) is 2.73. The molecule has 3 N–H and O–H groups in total. The van der Waals surface area contributed by atoms with Gasteiger partial charge < -0.3 is 9.82 Å². The second-order valence-corrected chi connectivity index (χ2v) is 3.84. The van der Waals surface area contributed by atoms with Crippen LogP contribution >= 0.6 is 0 Å². The van der Waals surface area contributed by atoms with Gasteiger partial charge in [-0.1, -0.05) is 18.2 Å². The van der Waals surface area contributed by atoms with Gasteiger partial charge in [0.25, 0.3) is 0 Å². The summed E-state index contributed by atoms with van der Waals surface area (Å²) in [5.41, 5.74) is 2.52. The second kappa shape index (κ2) is 4.47. The van der Waals surface area contributed by atoms with Gasteiger partial charge in [-0.25, -0.2) is 5.90 Å². The standard InChI is InChI=1S/C12H16N2O/c1-9(15-13)6-7-10-8-14-12-5-3-2-4-11(10)12/h2-5,8-9,14H,6-7,13H2,1H3. The Morgan fingerprint density at radius 2 is 2.20 bits per heavy atom. The van der Waals surface area contributed by atoms with E-state index in [1.165, 1.54) is 16.5 Å². The van der Waals surface area contributed by atoms with Gasteiger partial charge in [0.2, 0.25) is 0 Å². The van der Waals surface area contributed by atoms with Crippen LogP contribution in [0.1, 0.15) is 18.9 Å². The first-order valence-corrected chi connectivity index (χ1v) is 5.22. The highest BCUT2D eigenvalue weighted by Gasteiger charge is 2.05. The molecule has 3 nitrogen and oxygen atoms in total. The lowest BCUT2D eigenvalue weighted by Crippen LogP contribution is -2.13. The van der Waals surface area contributed by atoms with E-state index >= 15 is 0 Å². The first kappa shape index (κ1) is 10.2. The zero-order valence-electron chi connectivity index (χ0n) is 8.86. The Hall–Kier alpha value is -1.32. The van der Waals surface area contributed by atoms with E-state index in [-0.39, 0.29) is 6.10 Å². The summed E-state index contributed by atoms with van der Waals surface area (Å²) in [4.78, 5) is 8.01. The van der Waals surface area contributed by atoms with E-state index in [1.54, 1.807) is 0 Å². The molecule has 1 aromatic heterocycles. The van der Waals surface area contributed by atoms with Crippen LogP contribution in [0.5, 0.6) is 0 Å². The highest BCUT2D eigenvalue weighted by atomic mass is 16.6. The summed E-state index contributed by atoms with van der Waals surface area (Å²) in [7, 11) is 0. The molecule has 1 atom stereocenters. The summed E-state index contributed by atoms with van der Waals surface area (Å²) in [5.74, 6) is 5.12. The smallest absolute Gasteiger partial charge is 0.0762 e. The molecule has 80 valence electrons. The first-order valence-electron chi connectivity index (χ1n) is 5.22. The molecule has 3 heteroatoms. The molecule has 1 unspecified atom stereocenters. The molecule has 2 aromatic rings. The van der Waals surface area contributed by atoms with Crippen molar-refractivity contribution in [1.82, 2.24) is 4.98 Å². The predicted molar refractivity (Wildman–Crippen MR) is 61.4 cm³/mol. The number of rotatable bonds is 4. The van der Waals surface area contributed by atoms with Crippen LogP contribution in [0.4, 0.5) is 0 Å². The van der Waals surface area contributed by atoms with E-state index in [9.17, 15) is 0 Å². The summed E-state index contributed by atoms with van der Waals surface area (Å²) < 4.78 is 0. The molecule has 1 aromatic carbocycles. The fourth-order valence-corrected chi connectivity index (χ4v) is 1.77. The molecule has 0 aliphatic heterocycles. The molecule has 2 rings (SSSR count). The molecular formula is C12H16N2O. The van der Waals surface area contributed by atoms with Crippen molar-refractivity contribution >= 4 is 10.9 Å². The van der Waals surface area contributed by atoms with Gasteiger partial charge in [-0.15, -0.1) is 0 Å². The molecule has 0 aliphatic carbocycles. The largest absolute Gasteiger partial charge is 0.361 e. The molecular weight excluding hydrogens is 188 g/mol. The monoisotopic (exact) mass is 204 g/mol. The fraction of sp³-hybridized carbons (Fsp3) is 0.333.